The topological polar surface area (TPSA) is 47.9 Å². The van der Waals surface area contributed by atoms with Crippen LogP contribution in [0.15, 0.2) is 29.3 Å². The third-order valence-corrected chi connectivity index (χ3v) is 6.90. The maximum Gasteiger partial charge on any atom is 0.327 e. The number of anilines is 1. The molecule has 30 heavy (non-hydrogen) atoms. The summed E-state index contributed by atoms with van der Waals surface area (Å²) in [5.41, 5.74) is 2.37. The Kier molecular flexibility index (Phi) is 7.79. The second-order valence-electron chi connectivity index (χ2n) is 9.23. The minimum Gasteiger partial charge on any atom is -0.301 e. The number of carbonyl (C=O) groups excluding carboxylic acids is 1. The molecule has 4 bridgehead atoms. The van der Waals surface area contributed by atoms with Crippen LogP contribution in [0, 0.1) is 0 Å². The van der Waals surface area contributed by atoms with Gasteiger partial charge in [0.1, 0.15) is 5.84 Å². The van der Waals surface area contributed by atoms with Crippen LogP contribution in [0.3, 0.4) is 0 Å². The first-order chi connectivity index (χ1) is 14.8. The average Bonchev–Trinajstić information content (AvgIpc) is 2.83. The standard InChI is InChI=1S/C25H38N4O/c30-25-27-24(26-22-10-6-4-7-11-22)16-18-28-17-8-3-1-2-5-9-21-12-14-23(15-13-21)29(25)20-19-28/h12-15,22H,1-11,16-20H2,(H,26,27,30). The molecular formula is C25H38N4O. The van der Waals surface area contributed by atoms with E-state index in [4.69, 9.17) is 4.99 Å². The van der Waals surface area contributed by atoms with Gasteiger partial charge in [0.25, 0.3) is 0 Å². The molecule has 3 aliphatic heterocycles. The lowest BCUT2D eigenvalue weighted by molar-refractivity contribution is 0.248. The molecule has 1 aromatic carbocycles. The molecule has 164 valence electrons. The Balaban J connectivity index is 1.57. The summed E-state index contributed by atoms with van der Waals surface area (Å²) < 4.78 is 0. The zero-order valence-corrected chi connectivity index (χ0v) is 18.5. The van der Waals surface area contributed by atoms with Crippen LogP contribution in [0.1, 0.15) is 76.2 Å². The Morgan fingerprint density at radius 1 is 0.767 bits per heavy atom. The molecule has 1 unspecified atom stereocenters. The first kappa shape index (κ1) is 21.4. The van der Waals surface area contributed by atoms with E-state index in [0.717, 1.165) is 63.4 Å². The van der Waals surface area contributed by atoms with Crippen molar-refractivity contribution in [3.05, 3.63) is 29.8 Å². The van der Waals surface area contributed by atoms with E-state index in [-0.39, 0.29) is 6.03 Å². The number of fused-ring (bicyclic) bond motifs is 8. The van der Waals surface area contributed by atoms with Crippen LogP contribution in [-0.4, -0.2) is 49.0 Å². The molecule has 1 atom stereocenters. The number of amidine groups is 1. The van der Waals surface area contributed by atoms with E-state index in [2.05, 4.69) is 34.5 Å². The molecule has 1 aromatic rings. The average molecular weight is 411 g/mol. The van der Waals surface area contributed by atoms with E-state index in [9.17, 15) is 4.79 Å². The summed E-state index contributed by atoms with van der Waals surface area (Å²) in [4.78, 5) is 22.7. The molecule has 5 heteroatoms. The third kappa shape index (κ3) is 6.07. The van der Waals surface area contributed by atoms with Crippen LogP contribution in [0.5, 0.6) is 0 Å². The molecule has 1 saturated carbocycles. The van der Waals surface area contributed by atoms with Gasteiger partial charge in [-0.2, -0.15) is 0 Å². The molecule has 2 fully saturated rings. The van der Waals surface area contributed by atoms with Gasteiger partial charge in [-0.15, -0.1) is 0 Å². The zero-order valence-electron chi connectivity index (χ0n) is 18.5. The largest absolute Gasteiger partial charge is 0.327 e. The fraction of sp³-hybridized carbons (Fsp3) is 0.680. The van der Waals surface area contributed by atoms with Gasteiger partial charge in [0.05, 0.1) is 6.04 Å². The van der Waals surface area contributed by atoms with Gasteiger partial charge in [-0.25, -0.2) is 4.79 Å². The van der Waals surface area contributed by atoms with Gasteiger partial charge in [0, 0.05) is 31.7 Å². The quantitative estimate of drug-likeness (QED) is 0.696. The summed E-state index contributed by atoms with van der Waals surface area (Å²) in [5, 5.41) is 3.19. The van der Waals surface area contributed by atoms with Gasteiger partial charge in [0.2, 0.25) is 0 Å². The van der Waals surface area contributed by atoms with Gasteiger partial charge in [-0.1, -0.05) is 50.7 Å². The van der Waals surface area contributed by atoms with Crippen LogP contribution < -0.4 is 10.2 Å². The van der Waals surface area contributed by atoms with Crippen LogP contribution in [0.2, 0.25) is 0 Å². The number of rotatable bonds is 1. The lowest BCUT2D eigenvalue weighted by atomic mass is 9.96. The number of urea groups is 1. The highest BCUT2D eigenvalue weighted by Gasteiger charge is 2.23. The number of carbonyl (C=O) groups is 1. The molecule has 4 aliphatic rings. The Labute approximate surface area is 181 Å². The highest BCUT2D eigenvalue weighted by molar-refractivity contribution is 6.04. The summed E-state index contributed by atoms with van der Waals surface area (Å²) in [6.45, 7) is 3.75. The predicted molar refractivity (Wildman–Crippen MR) is 124 cm³/mol. The smallest absolute Gasteiger partial charge is 0.301 e. The summed E-state index contributed by atoms with van der Waals surface area (Å²) >= 11 is 0. The summed E-state index contributed by atoms with van der Waals surface area (Å²) in [6, 6.07) is 8.99. The van der Waals surface area contributed by atoms with Crippen molar-refractivity contribution in [2.75, 3.05) is 31.1 Å². The maximum atomic E-state index is 13.2. The summed E-state index contributed by atoms with van der Waals surface area (Å²) in [5.74, 6) is 0.890. The Morgan fingerprint density at radius 2 is 1.50 bits per heavy atom. The van der Waals surface area contributed by atoms with Gasteiger partial charge < -0.3 is 4.90 Å². The minimum absolute atomic E-state index is 0.0246. The SMILES string of the molecule is O=C1NC(=NC2CCCCC2)CCN2CCCCCCCc3ccc(cc3)N1CC2. The highest BCUT2D eigenvalue weighted by atomic mass is 16.2. The Bertz CT molecular complexity index is 708. The number of nitrogens with zero attached hydrogens (tertiary/aromatic N) is 3. The maximum absolute atomic E-state index is 13.2. The molecule has 5 rings (SSSR count). The van der Waals surface area contributed by atoms with E-state index in [1.165, 1.54) is 56.9 Å². The summed E-state index contributed by atoms with van der Waals surface area (Å²) in [6.07, 6.45) is 14.6. The van der Waals surface area contributed by atoms with Crippen molar-refractivity contribution in [3.8, 4) is 0 Å². The zero-order chi connectivity index (χ0) is 20.6. The van der Waals surface area contributed by atoms with Gasteiger partial charge in [-0.3, -0.25) is 15.2 Å². The second kappa shape index (κ2) is 10.9. The van der Waals surface area contributed by atoms with Crippen LogP contribution in [-0.2, 0) is 6.42 Å². The lowest BCUT2D eigenvalue weighted by Gasteiger charge is -2.26. The number of aryl methyl sites for hydroxylation is 1. The number of hydrogen-bond acceptors (Lipinski definition) is 3. The van der Waals surface area contributed by atoms with Gasteiger partial charge >= 0.3 is 6.03 Å². The second-order valence-corrected chi connectivity index (χ2v) is 9.23. The fourth-order valence-electron chi connectivity index (χ4n) is 5.01. The molecule has 0 radical (unpaired) electrons. The van der Waals surface area contributed by atoms with Crippen molar-refractivity contribution in [3.63, 3.8) is 0 Å². The molecule has 1 aliphatic carbocycles. The molecule has 0 spiro atoms. The molecule has 3 heterocycles. The number of benzene rings is 1. The Morgan fingerprint density at radius 3 is 2.33 bits per heavy atom. The van der Waals surface area contributed by atoms with E-state index in [1.807, 2.05) is 4.90 Å². The molecule has 2 amide bonds. The van der Waals surface area contributed by atoms with Crippen LogP contribution in [0.4, 0.5) is 10.5 Å². The predicted octanol–water partition coefficient (Wildman–Crippen LogP) is 5.15. The van der Waals surface area contributed by atoms with E-state index in [0.29, 0.717) is 6.04 Å². The first-order valence-electron chi connectivity index (χ1n) is 12.2. The van der Waals surface area contributed by atoms with Crippen molar-refractivity contribution < 1.29 is 4.79 Å². The van der Waals surface area contributed by atoms with E-state index >= 15 is 0 Å². The third-order valence-electron chi connectivity index (χ3n) is 6.90. The number of hydrogen-bond donors (Lipinski definition) is 1. The van der Waals surface area contributed by atoms with Crippen molar-refractivity contribution in [1.82, 2.24) is 10.2 Å². The van der Waals surface area contributed by atoms with E-state index < -0.39 is 0 Å². The normalized spacial score (nSPS) is 26.4. The lowest BCUT2D eigenvalue weighted by Crippen LogP contribution is -2.44. The number of nitrogens with one attached hydrogen (secondary N) is 1. The first-order valence-corrected chi connectivity index (χ1v) is 12.2. The van der Waals surface area contributed by atoms with Crippen LogP contribution in [0.25, 0.3) is 0 Å². The Hall–Kier alpha value is -1.88. The highest BCUT2D eigenvalue weighted by Crippen LogP contribution is 2.22. The van der Waals surface area contributed by atoms with E-state index in [1.54, 1.807) is 0 Å². The molecule has 1 N–H and O–H groups in total. The van der Waals surface area contributed by atoms with Gasteiger partial charge in [-0.05, 0) is 56.3 Å². The monoisotopic (exact) mass is 410 g/mol. The number of aliphatic imine (C=N–C) groups is 1. The summed E-state index contributed by atoms with van der Waals surface area (Å²) in [7, 11) is 0. The van der Waals surface area contributed by atoms with Crippen molar-refractivity contribution in [1.29, 1.82) is 0 Å². The van der Waals surface area contributed by atoms with Crippen molar-refractivity contribution in [2.45, 2.75) is 83.1 Å². The molecule has 0 aromatic heterocycles. The fourth-order valence-corrected chi connectivity index (χ4v) is 5.01. The molecular weight excluding hydrogens is 372 g/mol. The minimum atomic E-state index is -0.0246. The van der Waals surface area contributed by atoms with Gasteiger partial charge in [0.15, 0.2) is 0 Å². The molecule has 1 saturated heterocycles. The number of amides is 2. The molecule has 5 nitrogen and oxygen atoms in total. The van der Waals surface area contributed by atoms with Crippen molar-refractivity contribution >= 4 is 17.6 Å². The van der Waals surface area contributed by atoms with Crippen LogP contribution >= 0.6 is 0 Å². The van der Waals surface area contributed by atoms with Crippen molar-refractivity contribution in [2.24, 2.45) is 4.99 Å².